The molecule has 0 aliphatic carbocycles. The molecule has 0 saturated carbocycles. The maximum Gasteiger partial charge on any atom is 0.153 e. The smallest absolute Gasteiger partial charge is 0.153 e. The van der Waals surface area contributed by atoms with Crippen molar-refractivity contribution in [2.45, 2.75) is 0 Å². The van der Waals surface area contributed by atoms with Crippen LogP contribution in [-0.4, -0.2) is 9.97 Å². The van der Waals surface area contributed by atoms with E-state index in [0.717, 1.165) is 12.1 Å². The van der Waals surface area contributed by atoms with Crippen molar-refractivity contribution in [3.8, 4) is 11.4 Å². The number of anilines is 1. The second-order valence-electron chi connectivity index (χ2n) is 4.11. The summed E-state index contributed by atoms with van der Waals surface area (Å²) in [7, 11) is 0. The molecule has 2 aromatic carbocycles. The van der Waals surface area contributed by atoms with Gasteiger partial charge in [-0.15, -0.1) is 0 Å². The second-order valence-corrected chi connectivity index (χ2v) is 4.11. The number of aromatic amines is 1. The summed E-state index contributed by atoms with van der Waals surface area (Å²) in [5.41, 5.74) is 6.17. The van der Waals surface area contributed by atoms with Gasteiger partial charge in [0.25, 0.3) is 0 Å². The molecule has 0 unspecified atom stereocenters. The Hall–Kier alpha value is -2.50. The number of benzene rings is 2. The lowest BCUT2D eigenvalue weighted by Gasteiger charge is -1.99. The van der Waals surface area contributed by atoms with Crippen molar-refractivity contribution >= 4 is 16.7 Å². The fourth-order valence-corrected chi connectivity index (χ4v) is 1.87. The molecule has 0 radical (unpaired) electrons. The van der Waals surface area contributed by atoms with E-state index in [0.29, 0.717) is 11.4 Å². The van der Waals surface area contributed by atoms with Crippen molar-refractivity contribution in [3.63, 3.8) is 0 Å². The number of fused-ring (bicyclic) bond motifs is 1. The van der Waals surface area contributed by atoms with Crippen LogP contribution in [0.3, 0.4) is 0 Å². The molecule has 0 aliphatic rings. The summed E-state index contributed by atoms with van der Waals surface area (Å²) >= 11 is 0. The van der Waals surface area contributed by atoms with Gasteiger partial charge in [0.2, 0.25) is 0 Å². The SMILES string of the molecule is Nc1cc(-c2nc3c(F)cc(F)cc3[nH]2)ccc1F. The van der Waals surface area contributed by atoms with Crippen LogP contribution in [0.5, 0.6) is 0 Å². The molecule has 3 aromatic rings. The summed E-state index contributed by atoms with van der Waals surface area (Å²) in [5, 5.41) is 0. The molecule has 0 saturated heterocycles. The summed E-state index contributed by atoms with van der Waals surface area (Å²) in [5.74, 6) is -1.70. The molecule has 19 heavy (non-hydrogen) atoms. The number of rotatable bonds is 1. The minimum atomic E-state index is -0.757. The third-order valence-electron chi connectivity index (χ3n) is 2.77. The van der Waals surface area contributed by atoms with Crippen LogP contribution in [0.15, 0.2) is 30.3 Å². The van der Waals surface area contributed by atoms with Crippen LogP contribution in [0, 0.1) is 17.5 Å². The van der Waals surface area contributed by atoms with Gasteiger partial charge in [0.15, 0.2) is 5.82 Å². The maximum atomic E-state index is 13.5. The maximum absolute atomic E-state index is 13.5. The zero-order chi connectivity index (χ0) is 13.6. The predicted octanol–water partition coefficient (Wildman–Crippen LogP) is 3.23. The monoisotopic (exact) mass is 263 g/mol. The Bertz CT molecular complexity index is 780. The van der Waals surface area contributed by atoms with Gasteiger partial charge in [-0.05, 0) is 24.3 Å². The van der Waals surface area contributed by atoms with E-state index >= 15 is 0 Å². The van der Waals surface area contributed by atoms with Crippen molar-refractivity contribution < 1.29 is 13.2 Å². The average Bonchev–Trinajstić information content (AvgIpc) is 2.76. The topological polar surface area (TPSA) is 54.7 Å². The van der Waals surface area contributed by atoms with E-state index in [1.807, 2.05) is 0 Å². The summed E-state index contributed by atoms with van der Waals surface area (Å²) in [4.78, 5) is 6.79. The summed E-state index contributed by atoms with van der Waals surface area (Å²) in [6.45, 7) is 0. The standard InChI is InChI=1S/C13H8F3N3/c14-7-4-9(16)12-11(5-7)18-13(19-12)6-1-2-8(15)10(17)3-6/h1-5H,17H2,(H,18,19). The van der Waals surface area contributed by atoms with Gasteiger partial charge < -0.3 is 10.7 Å². The Kier molecular flexibility index (Phi) is 2.45. The third kappa shape index (κ3) is 1.91. The molecular formula is C13H8F3N3. The first-order chi connectivity index (χ1) is 9.04. The lowest BCUT2D eigenvalue weighted by Crippen LogP contribution is -1.91. The third-order valence-corrected chi connectivity index (χ3v) is 2.77. The fraction of sp³-hybridized carbons (Fsp3) is 0. The van der Waals surface area contributed by atoms with E-state index in [2.05, 4.69) is 9.97 Å². The first-order valence-corrected chi connectivity index (χ1v) is 5.45. The Morgan fingerprint density at radius 3 is 2.53 bits per heavy atom. The Morgan fingerprint density at radius 1 is 1.00 bits per heavy atom. The molecular weight excluding hydrogens is 255 g/mol. The van der Waals surface area contributed by atoms with Gasteiger partial charge in [0.05, 0.1) is 11.2 Å². The van der Waals surface area contributed by atoms with Gasteiger partial charge in [-0.25, -0.2) is 18.2 Å². The van der Waals surface area contributed by atoms with Crippen molar-refractivity contribution in [2.24, 2.45) is 0 Å². The molecule has 1 heterocycles. The van der Waals surface area contributed by atoms with Crippen LogP contribution < -0.4 is 5.73 Å². The highest BCUT2D eigenvalue weighted by molar-refractivity contribution is 5.80. The van der Waals surface area contributed by atoms with Crippen LogP contribution in [0.4, 0.5) is 18.9 Å². The largest absolute Gasteiger partial charge is 0.396 e. The molecule has 0 spiro atoms. The normalized spacial score (nSPS) is 11.1. The number of hydrogen-bond donors (Lipinski definition) is 2. The molecule has 3 nitrogen and oxygen atoms in total. The van der Waals surface area contributed by atoms with Gasteiger partial charge in [-0.2, -0.15) is 0 Å². The molecule has 0 bridgehead atoms. The van der Waals surface area contributed by atoms with E-state index in [1.54, 1.807) is 0 Å². The number of halogens is 3. The molecule has 3 rings (SSSR count). The quantitative estimate of drug-likeness (QED) is 0.662. The van der Waals surface area contributed by atoms with Crippen LogP contribution in [0.25, 0.3) is 22.4 Å². The first kappa shape index (κ1) is 11.6. The minimum absolute atomic E-state index is 0.0271. The van der Waals surface area contributed by atoms with Gasteiger partial charge in [-0.1, -0.05) is 0 Å². The van der Waals surface area contributed by atoms with Gasteiger partial charge in [0.1, 0.15) is 23.0 Å². The van der Waals surface area contributed by atoms with Crippen LogP contribution in [0.1, 0.15) is 0 Å². The molecule has 1 aromatic heterocycles. The number of hydrogen-bond acceptors (Lipinski definition) is 2. The number of nitrogens with two attached hydrogens (primary N) is 1. The molecule has 6 heteroatoms. The Morgan fingerprint density at radius 2 is 1.79 bits per heavy atom. The van der Waals surface area contributed by atoms with Crippen molar-refractivity contribution in [1.29, 1.82) is 0 Å². The van der Waals surface area contributed by atoms with E-state index in [9.17, 15) is 13.2 Å². The highest BCUT2D eigenvalue weighted by Gasteiger charge is 2.11. The number of imidazole rings is 1. The zero-order valence-electron chi connectivity index (χ0n) is 9.55. The molecule has 0 fully saturated rings. The molecule has 3 N–H and O–H groups in total. The van der Waals surface area contributed by atoms with E-state index < -0.39 is 17.5 Å². The minimum Gasteiger partial charge on any atom is -0.396 e. The molecule has 0 aliphatic heterocycles. The zero-order valence-corrected chi connectivity index (χ0v) is 9.55. The molecule has 0 atom stereocenters. The lowest BCUT2D eigenvalue weighted by atomic mass is 10.2. The van der Waals surface area contributed by atoms with E-state index in [4.69, 9.17) is 5.73 Å². The van der Waals surface area contributed by atoms with Gasteiger partial charge in [0, 0.05) is 11.6 Å². The highest BCUT2D eigenvalue weighted by Crippen LogP contribution is 2.25. The summed E-state index contributed by atoms with van der Waals surface area (Å²) in [6.07, 6.45) is 0. The fourth-order valence-electron chi connectivity index (χ4n) is 1.87. The lowest BCUT2D eigenvalue weighted by molar-refractivity contribution is 0.590. The van der Waals surface area contributed by atoms with Crippen LogP contribution >= 0.6 is 0 Å². The Labute approximate surface area is 105 Å². The number of H-pyrrole nitrogens is 1. The predicted molar refractivity (Wildman–Crippen MR) is 65.8 cm³/mol. The van der Waals surface area contributed by atoms with Gasteiger partial charge in [-0.3, -0.25) is 0 Å². The average molecular weight is 263 g/mol. The molecule has 96 valence electrons. The molecule has 0 amide bonds. The van der Waals surface area contributed by atoms with Crippen LogP contribution in [-0.2, 0) is 0 Å². The van der Waals surface area contributed by atoms with Gasteiger partial charge >= 0.3 is 0 Å². The van der Waals surface area contributed by atoms with Crippen molar-refractivity contribution in [3.05, 3.63) is 47.8 Å². The highest BCUT2D eigenvalue weighted by atomic mass is 19.1. The summed E-state index contributed by atoms with van der Waals surface area (Å²) in [6, 6.07) is 5.92. The van der Waals surface area contributed by atoms with Crippen molar-refractivity contribution in [2.75, 3.05) is 5.73 Å². The van der Waals surface area contributed by atoms with E-state index in [-0.39, 0.29) is 16.7 Å². The number of nitrogens with one attached hydrogen (secondary N) is 1. The number of aromatic nitrogens is 2. The van der Waals surface area contributed by atoms with E-state index in [1.165, 1.54) is 18.2 Å². The number of nitrogen functional groups attached to an aromatic ring is 1. The second kappa shape index (κ2) is 4.01. The summed E-state index contributed by atoms with van der Waals surface area (Å²) < 4.78 is 39.7. The Balaban J connectivity index is 2.20. The first-order valence-electron chi connectivity index (χ1n) is 5.45. The van der Waals surface area contributed by atoms with Crippen LogP contribution in [0.2, 0.25) is 0 Å². The van der Waals surface area contributed by atoms with Crippen molar-refractivity contribution in [1.82, 2.24) is 9.97 Å². The number of nitrogens with zero attached hydrogens (tertiary/aromatic N) is 1.